The Bertz CT molecular complexity index is 985. The summed E-state index contributed by atoms with van der Waals surface area (Å²) in [6.45, 7) is 13.7. The molecular formula is C36H66N6O10. The van der Waals surface area contributed by atoms with Gasteiger partial charge in [-0.05, 0) is 106 Å². The van der Waals surface area contributed by atoms with Crippen LogP contribution in [-0.2, 0) is 28.8 Å². The highest BCUT2D eigenvalue weighted by Crippen LogP contribution is 2.09. The Morgan fingerprint density at radius 1 is 0.365 bits per heavy atom. The highest BCUT2D eigenvalue weighted by Gasteiger charge is 2.27. The number of carbonyl (C=O) groups excluding carboxylic acids is 6. The fourth-order valence-corrected chi connectivity index (χ4v) is 6.17. The molecule has 6 fully saturated rings. The summed E-state index contributed by atoms with van der Waals surface area (Å²) in [5, 5.41) is 53.6. The Labute approximate surface area is 308 Å². The van der Waals surface area contributed by atoms with Crippen LogP contribution in [0.15, 0.2) is 0 Å². The quantitative estimate of drug-likeness (QED) is 0.139. The van der Waals surface area contributed by atoms with Crippen LogP contribution in [0.3, 0.4) is 0 Å². The summed E-state index contributed by atoms with van der Waals surface area (Å²) in [4.78, 5) is 63.6. The molecular weight excluding hydrogens is 676 g/mol. The van der Waals surface area contributed by atoms with E-state index in [1.807, 2.05) is 0 Å². The molecule has 0 aromatic rings. The van der Waals surface area contributed by atoms with E-state index >= 15 is 0 Å². The molecule has 0 spiro atoms. The summed E-state index contributed by atoms with van der Waals surface area (Å²) in [5.41, 5.74) is 0. The average Bonchev–Trinajstić information content (AvgIpc) is 3.92. The molecule has 6 heterocycles. The third-order valence-corrected chi connectivity index (χ3v) is 9.50. The van der Waals surface area contributed by atoms with Gasteiger partial charge in [0.2, 0.25) is 0 Å². The lowest BCUT2D eigenvalue weighted by Gasteiger charge is -2.01. The van der Waals surface area contributed by atoms with E-state index in [-0.39, 0.29) is 95.4 Å². The predicted octanol–water partition coefficient (Wildman–Crippen LogP) is -2.15. The first-order valence-corrected chi connectivity index (χ1v) is 18.6. The number of ketones is 6. The Hall–Kier alpha value is -2.38. The first-order chi connectivity index (χ1) is 24.4. The molecule has 6 aliphatic heterocycles. The van der Waals surface area contributed by atoms with Crippen molar-refractivity contribution in [2.45, 2.75) is 154 Å². The van der Waals surface area contributed by atoms with E-state index in [1.54, 1.807) is 13.8 Å². The lowest BCUT2D eigenvalue weighted by atomic mass is 10.1. The molecule has 10 atom stereocenters. The first-order valence-electron chi connectivity index (χ1n) is 18.6. The number of nitrogens with one attached hydrogen (secondary N) is 6. The van der Waals surface area contributed by atoms with Crippen molar-refractivity contribution >= 4 is 34.7 Å². The number of carbonyl (C=O) groups is 6. The van der Waals surface area contributed by atoms with E-state index in [9.17, 15) is 28.8 Å². The minimum atomic E-state index is -0.320. The van der Waals surface area contributed by atoms with Crippen molar-refractivity contribution in [3.8, 4) is 0 Å². The van der Waals surface area contributed by atoms with Gasteiger partial charge in [0.25, 0.3) is 0 Å². The molecule has 0 radical (unpaired) electrons. The number of hydrogen-bond acceptors (Lipinski definition) is 16. The van der Waals surface area contributed by atoms with E-state index in [0.29, 0.717) is 51.9 Å². The number of aliphatic hydroxyl groups is 4. The van der Waals surface area contributed by atoms with Crippen LogP contribution in [0.5, 0.6) is 0 Å². The third kappa shape index (κ3) is 20.2. The number of Topliss-reactive ketones (excluding diaryl/α,β-unsaturated/α-hetero) is 6. The monoisotopic (exact) mass is 742 g/mol. The molecule has 300 valence electrons. The number of hydrogen-bond donors (Lipinski definition) is 10. The van der Waals surface area contributed by atoms with Gasteiger partial charge in [0, 0.05) is 26.2 Å². The molecule has 16 nitrogen and oxygen atoms in total. The highest BCUT2D eigenvalue weighted by molar-refractivity contribution is 5.83. The van der Waals surface area contributed by atoms with Crippen LogP contribution in [0.25, 0.3) is 0 Å². The van der Waals surface area contributed by atoms with Gasteiger partial charge in [-0.25, -0.2) is 0 Å². The Balaban J connectivity index is 0.000000312. The van der Waals surface area contributed by atoms with E-state index in [0.717, 1.165) is 38.8 Å². The van der Waals surface area contributed by atoms with Gasteiger partial charge in [-0.3, -0.25) is 28.8 Å². The van der Waals surface area contributed by atoms with Crippen molar-refractivity contribution in [3.05, 3.63) is 0 Å². The van der Waals surface area contributed by atoms with Gasteiger partial charge >= 0.3 is 0 Å². The minimum Gasteiger partial charge on any atom is -0.392 e. The largest absolute Gasteiger partial charge is 0.392 e. The van der Waals surface area contributed by atoms with Crippen LogP contribution in [0.4, 0.5) is 0 Å². The normalized spacial score (nSPS) is 32.9. The van der Waals surface area contributed by atoms with E-state index < -0.39 is 0 Å². The highest BCUT2D eigenvalue weighted by atomic mass is 16.3. The lowest BCUT2D eigenvalue weighted by Crippen LogP contribution is -2.28. The second-order valence-corrected chi connectivity index (χ2v) is 14.4. The number of rotatable bonds is 6. The summed E-state index contributed by atoms with van der Waals surface area (Å²) in [7, 11) is 0. The van der Waals surface area contributed by atoms with Crippen LogP contribution in [0.1, 0.15) is 92.9 Å². The summed E-state index contributed by atoms with van der Waals surface area (Å²) in [6.07, 6.45) is 5.42. The molecule has 6 aliphatic rings. The maximum atomic E-state index is 10.6. The topological polar surface area (TPSA) is 256 Å². The van der Waals surface area contributed by atoms with Gasteiger partial charge in [-0.1, -0.05) is 0 Å². The van der Waals surface area contributed by atoms with E-state index in [4.69, 9.17) is 20.4 Å². The summed E-state index contributed by atoms with van der Waals surface area (Å²) >= 11 is 0. The van der Waals surface area contributed by atoms with Crippen molar-refractivity contribution in [2.75, 3.05) is 39.3 Å². The second kappa shape index (κ2) is 25.6. The zero-order valence-electron chi connectivity index (χ0n) is 31.9. The Morgan fingerprint density at radius 2 is 0.577 bits per heavy atom. The molecule has 2 unspecified atom stereocenters. The van der Waals surface area contributed by atoms with Crippen LogP contribution in [0.2, 0.25) is 0 Å². The number of β-amino-alcohol motifs (C(OH)–C–C–N with tert-alkyl or cyclic N) is 4. The van der Waals surface area contributed by atoms with Crippen molar-refractivity contribution in [3.63, 3.8) is 0 Å². The molecule has 6 rings (SSSR count). The molecule has 10 N–H and O–H groups in total. The van der Waals surface area contributed by atoms with Crippen LogP contribution in [-0.4, -0.2) is 155 Å². The molecule has 6 saturated heterocycles. The fraction of sp³-hybridized carbons (Fsp3) is 0.833. The zero-order chi connectivity index (χ0) is 39.4. The standard InChI is InChI=1S/4C6H11NO2.2C6H11NO/c4*1-4(8)6-2-5(9)3-7-6;2*1-5(8)6-3-2-4-7-6/h4*5-7,9H,2-3H2,1H3;2*6-7H,2-4H2,1H3/t2*5-,6?;2*5-,6-;2*6-/m101010/s1. The Kier molecular flexibility index (Phi) is 23.5. The molecule has 0 aromatic heterocycles. The SMILES string of the molecule is CC(=O)C1C[C@@H](O)CN1.CC(=O)C1C[C@H](O)CN1.CC(=O)[C@@H]1CCCN1.CC(=O)[C@@H]1C[C@H](O)CN1.CC(=O)[C@H]1CCCN1.CC(=O)[C@H]1C[C@@H](O)CN1. The summed E-state index contributed by atoms with van der Waals surface area (Å²) < 4.78 is 0. The van der Waals surface area contributed by atoms with Crippen LogP contribution < -0.4 is 31.9 Å². The summed E-state index contributed by atoms with van der Waals surface area (Å²) in [6, 6.07) is -0.0370. The minimum absolute atomic E-state index is 0.0972. The van der Waals surface area contributed by atoms with Crippen molar-refractivity contribution in [1.29, 1.82) is 0 Å². The third-order valence-electron chi connectivity index (χ3n) is 9.50. The van der Waals surface area contributed by atoms with E-state index in [1.165, 1.54) is 27.7 Å². The van der Waals surface area contributed by atoms with Crippen molar-refractivity contribution in [1.82, 2.24) is 31.9 Å². The van der Waals surface area contributed by atoms with Gasteiger partial charge in [0.15, 0.2) is 0 Å². The van der Waals surface area contributed by atoms with E-state index in [2.05, 4.69) is 31.9 Å². The van der Waals surface area contributed by atoms with Gasteiger partial charge in [0.05, 0.1) is 60.7 Å². The number of aliphatic hydroxyl groups excluding tert-OH is 4. The average molecular weight is 743 g/mol. The molecule has 0 amide bonds. The van der Waals surface area contributed by atoms with Crippen molar-refractivity contribution in [2.24, 2.45) is 0 Å². The molecule has 0 bridgehead atoms. The smallest absolute Gasteiger partial charge is 0.146 e. The van der Waals surface area contributed by atoms with Gasteiger partial charge in [0.1, 0.15) is 34.7 Å². The maximum Gasteiger partial charge on any atom is 0.146 e. The zero-order valence-corrected chi connectivity index (χ0v) is 31.9. The lowest BCUT2D eigenvalue weighted by molar-refractivity contribution is -0.119. The van der Waals surface area contributed by atoms with Crippen LogP contribution >= 0.6 is 0 Å². The maximum absolute atomic E-state index is 10.6. The first kappa shape index (κ1) is 47.6. The molecule has 0 aromatic carbocycles. The molecule has 0 aliphatic carbocycles. The molecule has 0 saturated carbocycles. The van der Waals surface area contributed by atoms with Crippen molar-refractivity contribution < 1.29 is 49.2 Å². The van der Waals surface area contributed by atoms with Gasteiger partial charge in [-0.2, -0.15) is 0 Å². The van der Waals surface area contributed by atoms with Gasteiger partial charge < -0.3 is 52.3 Å². The predicted molar refractivity (Wildman–Crippen MR) is 196 cm³/mol. The fourth-order valence-electron chi connectivity index (χ4n) is 6.17. The molecule has 16 heteroatoms. The second-order valence-electron chi connectivity index (χ2n) is 14.4. The van der Waals surface area contributed by atoms with Gasteiger partial charge in [-0.15, -0.1) is 0 Å². The summed E-state index contributed by atoms with van der Waals surface area (Å²) in [5.74, 6) is 1.03. The van der Waals surface area contributed by atoms with Crippen LogP contribution in [0, 0.1) is 0 Å². The Morgan fingerprint density at radius 3 is 0.654 bits per heavy atom. The molecule has 52 heavy (non-hydrogen) atoms.